The van der Waals surface area contributed by atoms with Crippen molar-refractivity contribution in [3.8, 4) is 0 Å². The summed E-state index contributed by atoms with van der Waals surface area (Å²) >= 11 is 3.33. The number of hydrogen-bond donors (Lipinski definition) is 0. The quantitative estimate of drug-likeness (QED) is 0.746. The van der Waals surface area contributed by atoms with Crippen LogP contribution >= 0.6 is 15.9 Å². The smallest absolute Gasteiger partial charge is 0.0714 e. The van der Waals surface area contributed by atoms with Gasteiger partial charge in [0.15, 0.2) is 0 Å². The van der Waals surface area contributed by atoms with E-state index in [4.69, 9.17) is 0 Å². The highest BCUT2D eigenvalue weighted by Gasteiger charge is 2.07. The monoisotopic (exact) mass is 275 g/mol. The molecule has 0 aliphatic rings. The van der Waals surface area contributed by atoms with Gasteiger partial charge in [-0.2, -0.15) is 0 Å². The van der Waals surface area contributed by atoms with E-state index in [-0.39, 0.29) is 0 Å². The zero-order chi connectivity index (χ0) is 11.7. The van der Waals surface area contributed by atoms with E-state index in [0.717, 1.165) is 11.2 Å². The summed E-state index contributed by atoms with van der Waals surface area (Å²) in [7, 11) is 0. The van der Waals surface area contributed by atoms with Crippen molar-refractivity contribution in [2.45, 2.75) is 20.8 Å². The summed E-state index contributed by atoms with van der Waals surface area (Å²) in [6.45, 7) is 6.36. The average molecular weight is 276 g/mol. The fourth-order valence-corrected chi connectivity index (χ4v) is 2.27. The van der Waals surface area contributed by atoms with E-state index in [1.165, 1.54) is 22.1 Å². The predicted octanol–water partition coefficient (Wildman–Crippen LogP) is 4.53. The maximum atomic E-state index is 4.63. The minimum absolute atomic E-state index is 1.07. The molecule has 1 nitrogen and oxygen atoms in total. The Balaban J connectivity index is 2.91. The van der Waals surface area contributed by atoms with Gasteiger partial charge in [-0.05, 0) is 54.6 Å². The van der Waals surface area contributed by atoms with Gasteiger partial charge in [-0.3, -0.25) is 4.98 Å². The molecule has 0 amide bonds. The number of halogens is 1. The Bertz CT molecular complexity index is 570. The maximum Gasteiger partial charge on any atom is 0.0714 e. The standard InChI is InChI=1S/C14H14BrN/c1-9-10(2)14-12(7-8-15)5-4-6-13(14)16-11(9)3/h4-8H,1-3H3/b8-7+. The lowest BCUT2D eigenvalue weighted by Crippen LogP contribution is -1.94. The van der Waals surface area contributed by atoms with Crippen LogP contribution in [0.25, 0.3) is 17.0 Å². The highest BCUT2D eigenvalue weighted by atomic mass is 79.9. The highest BCUT2D eigenvalue weighted by Crippen LogP contribution is 2.26. The predicted molar refractivity (Wildman–Crippen MR) is 73.9 cm³/mol. The van der Waals surface area contributed by atoms with Gasteiger partial charge in [0.05, 0.1) is 5.52 Å². The Kier molecular flexibility index (Phi) is 3.10. The molecule has 2 heteroatoms. The van der Waals surface area contributed by atoms with Crippen LogP contribution in [0.1, 0.15) is 22.4 Å². The van der Waals surface area contributed by atoms with Crippen LogP contribution in [0.3, 0.4) is 0 Å². The SMILES string of the molecule is Cc1nc2cccc(/C=C/Br)c2c(C)c1C. The average Bonchev–Trinajstić information content (AvgIpc) is 2.26. The van der Waals surface area contributed by atoms with Crippen LogP contribution in [0.5, 0.6) is 0 Å². The van der Waals surface area contributed by atoms with Gasteiger partial charge in [0, 0.05) is 11.1 Å². The van der Waals surface area contributed by atoms with E-state index in [0.29, 0.717) is 0 Å². The third-order valence-electron chi connectivity index (χ3n) is 3.09. The number of nitrogens with zero attached hydrogens (tertiary/aromatic N) is 1. The third kappa shape index (κ3) is 1.78. The zero-order valence-electron chi connectivity index (χ0n) is 9.71. The Morgan fingerprint density at radius 1 is 1.12 bits per heavy atom. The molecule has 16 heavy (non-hydrogen) atoms. The molecule has 0 saturated heterocycles. The van der Waals surface area contributed by atoms with Crippen LogP contribution in [-0.2, 0) is 0 Å². The summed E-state index contributed by atoms with van der Waals surface area (Å²) in [5, 5.41) is 1.25. The molecule has 0 aliphatic heterocycles. The van der Waals surface area contributed by atoms with Crippen LogP contribution in [0, 0.1) is 20.8 Å². The number of fused-ring (bicyclic) bond motifs is 1. The van der Waals surface area contributed by atoms with E-state index in [1.54, 1.807) is 0 Å². The molecule has 0 spiro atoms. The van der Waals surface area contributed by atoms with Gasteiger partial charge in [0.2, 0.25) is 0 Å². The molecule has 0 N–H and O–H groups in total. The second-order valence-electron chi connectivity index (χ2n) is 3.98. The second kappa shape index (κ2) is 4.38. The van der Waals surface area contributed by atoms with E-state index in [9.17, 15) is 0 Å². The topological polar surface area (TPSA) is 12.9 Å². The fourth-order valence-electron chi connectivity index (χ4n) is 1.99. The minimum Gasteiger partial charge on any atom is -0.253 e. The molecule has 0 saturated carbocycles. The summed E-state index contributed by atoms with van der Waals surface area (Å²) in [5.74, 6) is 0. The highest BCUT2D eigenvalue weighted by molar-refractivity contribution is 9.11. The summed E-state index contributed by atoms with van der Waals surface area (Å²) in [6.07, 6.45) is 2.06. The largest absolute Gasteiger partial charge is 0.253 e. The fraction of sp³-hybridized carbons (Fsp3) is 0.214. The van der Waals surface area contributed by atoms with Crippen molar-refractivity contribution in [2.24, 2.45) is 0 Å². The molecule has 2 rings (SSSR count). The first-order valence-corrected chi connectivity index (χ1v) is 6.20. The molecule has 0 atom stereocenters. The van der Waals surface area contributed by atoms with Gasteiger partial charge in [-0.15, -0.1) is 0 Å². The second-order valence-corrected chi connectivity index (χ2v) is 4.51. The van der Waals surface area contributed by atoms with Crippen molar-refractivity contribution in [3.63, 3.8) is 0 Å². The van der Waals surface area contributed by atoms with Crippen LogP contribution in [0.2, 0.25) is 0 Å². The molecule has 1 heterocycles. The molecule has 0 unspecified atom stereocenters. The summed E-state index contributed by atoms with van der Waals surface area (Å²) in [4.78, 5) is 6.52. The van der Waals surface area contributed by atoms with Crippen molar-refractivity contribution >= 4 is 32.9 Å². The van der Waals surface area contributed by atoms with Gasteiger partial charge in [0.1, 0.15) is 0 Å². The zero-order valence-corrected chi connectivity index (χ0v) is 11.3. The number of benzene rings is 1. The van der Waals surface area contributed by atoms with Crippen LogP contribution in [-0.4, -0.2) is 4.98 Å². The van der Waals surface area contributed by atoms with Crippen molar-refractivity contribution in [1.82, 2.24) is 4.98 Å². The molecule has 82 valence electrons. The number of pyridine rings is 1. The molecule has 0 fully saturated rings. The van der Waals surface area contributed by atoms with E-state index in [1.807, 2.05) is 11.1 Å². The van der Waals surface area contributed by atoms with Crippen LogP contribution in [0.15, 0.2) is 23.2 Å². The van der Waals surface area contributed by atoms with Crippen LogP contribution < -0.4 is 0 Å². The van der Waals surface area contributed by atoms with Gasteiger partial charge in [-0.25, -0.2) is 0 Å². The van der Waals surface area contributed by atoms with Crippen molar-refractivity contribution in [2.75, 3.05) is 0 Å². The lowest BCUT2D eigenvalue weighted by molar-refractivity contribution is 1.17. The molecular weight excluding hydrogens is 262 g/mol. The molecule has 2 aromatic rings. The summed E-state index contributed by atoms with van der Waals surface area (Å²) in [5.41, 5.74) is 6.00. The van der Waals surface area contributed by atoms with Crippen molar-refractivity contribution in [3.05, 3.63) is 45.6 Å². The minimum atomic E-state index is 1.07. The van der Waals surface area contributed by atoms with Crippen molar-refractivity contribution in [1.29, 1.82) is 0 Å². The Hall–Kier alpha value is -1.15. The molecular formula is C14H14BrN. The lowest BCUT2D eigenvalue weighted by Gasteiger charge is -2.10. The maximum absolute atomic E-state index is 4.63. The van der Waals surface area contributed by atoms with E-state index >= 15 is 0 Å². The number of hydrogen-bond acceptors (Lipinski definition) is 1. The molecule has 0 aliphatic carbocycles. The third-order valence-corrected chi connectivity index (χ3v) is 3.35. The van der Waals surface area contributed by atoms with Gasteiger partial charge in [-0.1, -0.05) is 28.1 Å². The first-order valence-electron chi connectivity index (χ1n) is 5.28. The molecule has 1 aromatic heterocycles. The number of rotatable bonds is 1. The lowest BCUT2D eigenvalue weighted by atomic mass is 9.99. The van der Waals surface area contributed by atoms with Crippen molar-refractivity contribution < 1.29 is 0 Å². The van der Waals surface area contributed by atoms with Gasteiger partial charge < -0.3 is 0 Å². The molecule has 0 bridgehead atoms. The van der Waals surface area contributed by atoms with Crippen LogP contribution in [0.4, 0.5) is 0 Å². The molecule has 1 aromatic carbocycles. The number of aryl methyl sites for hydroxylation is 2. The summed E-state index contributed by atoms with van der Waals surface area (Å²) < 4.78 is 0. The number of aromatic nitrogens is 1. The van der Waals surface area contributed by atoms with Gasteiger partial charge >= 0.3 is 0 Å². The normalized spacial score (nSPS) is 11.5. The Morgan fingerprint density at radius 3 is 2.56 bits per heavy atom. The van der Waals surface area contributed by atoms with E-state index in [2.05, 4.69) is 59.9 Å². The summed E-state index contributed by atoms with van der Waals surface area (Å²) in [6, 6.07) is 6.23. The molecule has 0 radical (unpaired) electrons. The Labute approximate surface area is 104 Å². The first kappa shape index (κ1) is 11.3. The first-order chi connectivity index (χ1) is 7.65. The van der Waals surface area contributed by atoms with E-state index < -0.39 is 0 Å². The Morgan fingerprint density at radius 2 is 1.88 bits per heavy atom. The van der Waals surface area contributed by atoms with Gasteiger partial charge in [0.25, 0.3) is 0 Å².